The fourth-order valence-corrected chi connectivity index (χ4v) is 2.03. The van der Waals surface area contributed by atoms with Crippen molar-refractivity contribution in [2.24, 2.45) is 0 Å². The van der Waals surface area contributed by atoms with Gasteiger partial charge >= 0.3 is 0 Å². The molecule has 0 spiro atoms. The molecule has 0 aromatic heterocycles. The number of hydrogen-bond donors (Lipinski definition) is 2. The molecule has 110 valence electrons. The number of amides is 1. The maximum Gasteiger partial charge on any atom is 0.251 e. The van der Waals surface area contributed by atoms with Crippen LogP contribution in [0.4, 0.5) is 0 Å². The number of hydrogen-bond acceptors (Lipinski definition) is 2. The first-order chi connectivity index (χ1) is 10.1. The van der Waals surface area contributed by atoms with Crippen LogP contribution < -0.4 is 5.32 Å². The van der Waals surface area contributed by atoms with Crippen molar-refractivity contribution in [3.8, 4) is 11.1 Å². The largest absolute Gasteiger partial charge is 0.394 e. The molecule has 1 unspecified atom stereocenters. The molecule has 2 rings (SSSR count). The molecule has 0 aliphatic rings. The number of carbonyl (C=O) groups is 1. The van der Waals surface area contributed by atoms with Crippen LogP contribution in [0.2, 0.25) is 0 Å². The highest BCUT2D eigenvalue weighted by atomic mass is 16.3. The third-order valence-electron chi connectivity index (χ3n) is 3.80. The van der Waals surface area contributed by atoms with Crippen LogP contribution in [-0.4, -0.2) is 23.2 Å². The Bertz CT molecular complexity index is 586. The van der Waals surface area contributed by atoms with Gasteiger partial charge in [-0.3, -0.25) is 4.79 Å². The van der Waals surface area contributed by atoms with Gasteiger partial charge in [0.25, 0.3) is 5.91 Å². The van der Waals surface area contributed by atoms with Crippen molar-refractivity contribution in [3.05, 3.63) is 60.2 Å². The van der Waals surface area contributed by atoms with Crippen LogP contribution in [0.3, 0.4) is 0 Å². The Kier molecular flexibility index (Phi) is 4.76. The molecule has 0 heterocycles. The molecule has 0 saturated carbocycles. The lowest BCUT2D eigenvalue weighted by Gasteiger charge is -2.27. The summed E-state index contributed by atoms with van der Waals surface area (Å²) in [6, 6.07) is 17.5. The summed E-state index contributed by atoms with van der Waals surface area (Å²) in [5.74, 6) is -0.159. The van der Waals surface area contributed by atoms with Crippen LogP contribution in [0.25, 0.3) is 11.1 Å². The van der Waals surface area contributed by atoms with E-state index in [1.807, 2.05) is 68.4 Å². The molecule has 1 atom stereocenters. The molecule has 1 amide bonds. The topological polar surface area (TPSA) is 49.3 Å². The van der Waals surface area contributed by atoms with E-state index in [2.05, 4.69) is 5.32 Å². The lowest BCUT2D eigenvalue weighted by Crippen LogP contribution is -2.48. The third kappa shape index (κ3) is 3.70. The first-order valence-corrected chi connectivity index (χ1v) is 7.17. The normalized spacial score (nSPS) is 13.5. The van der Waals surface area contributed by atoms with Crippen molar-refractivity contribution < 1.29 is 9.90 Å². The van der Waals surface area contributed by atoms with Crippen LogP contribution in [-0.2, 0) is 0 Å². The van der Waals surface area contributed by atoms with Gasteiger partial charge in [-0.1, -0.05) is 49.4 Å². The zero-order chi connectivity index (χ0) is 15.3. The summed E-state index contributed by atoms with van der Waals surface area (Å²) >= 11 is 0. The van der Waals surface area contributed by atoms with E-state index in [0.29, 0.717) is 12.0 Å². The van der Waals surface area contributed by atoms with Gasteiger partial charge in [-0.25, -0.2) is 0 Å². The monoisotopic (exact) mass is 283 g/mol. The van der Waals surface area contributed by atoms with E-state index in [0.717, 1.165) is 11.1 Å². The quantitative estimate of drug-likeness (QED) is 0.885. The van der Waals surface area contributed by atoms with Crippen LogP contribution >= 0.6 is 0 Å². The first kappa shape index (κ1) is 15.3. The predicted octanol–water partition coefficient (Wildman–Crippen LogP) is 3.24. The zero-order valence-electron chi connectivity index (χ0n) is 12.5. The van der Waals surface area contributed by atoms with Crippen molar-refractivity contribution in [1.82, 2.24) is 5.32 Å². The molecular weight excluding hydrogens is 262 g/mol. The van der Waals surface area contributed by atoms with Crippen molar-refractivity contribution >= 4 is 5.91 Å². The Morgan fingerprint density at radius 2 is 1.62 bits per heavy atom. The highest BCUT2D eigenvalue weighted by Gasteiger charge is 2.23. The van der Waals surface area contributed by atoms with Gasteiger partial charge in [0, 0.05) is 5.56 Å². The second-order valence-electron chi connectivity index (χ2n) is 5.47. The standard InChI is InChI=1S/C18H21NO2/c1-3-18(2,13-20)19-17(21)16-11-9-15(10-12-16)14-7-5-4-6-8-14/h4-12,20H,3,13H2,1-2H3,(H,19,21). The molecule has 21 heavy (non-hydrogen) atoms. The third-order valence-corrected chi connectivity index (χ3v) is 3.80. The van der Waals surface area contributed by atoms with Gasteiger partial charge in [-0.05, 0) is 36.6 Å². The number of rotatable bonds is 5. The van der Waals surface area contributed by atoms with E-state index >= 15 is 0 Å². The number of nitrogens with one attached hydrogen (secondary N) is 1. The Balaban J connectivity index is 2.14. The summed E-state index contributed by atoms with van der Waals surface area (Å²) < 4.78 is 0. The van der Waals surface area contributed by atoms with Crippen LogP contribution in [0, 0.1) is 0 Å². The summed E-state index contributed by atoms with van der Waals surface area (Å²) in [6.07, 6.45) is 0.678. The summed E-state index contributed by atoms with van der Waals surface area (Å²) in [4.78, 5) is 12.2. The highest BCUT2D eigenvalue weighted by molar-refractivity contribution is 5.95. The van der Waals surface area contributed by atoms with Gasteiger partial charge in [0.2, 0.25) is 0 Å². The SMILES string of the molecule is CCC(C)(CO)NC(=O)c1ccc(-c2ccccc2)cc1. The minimum Gasteiger partial charge on any atom is -0.394 e. The Hall–Kier alpha value is -2.13. The molecule has 0 aliphatic heterocycles. The predicted molar refractivity (Wildman–Crippen MR) is 85.1 cm³/mol. The average Bonchev–Trinajstić information content (AvgIpc) is 2.55. The molecule has 2 N–H and O–H groups in total. The Labute approximate surface area is 125 Å². The van der Waals surface area contributed by atoms with Gasteiger partial charge in [0.1, 0.15) is 0 Å². The van der Waals surface area contributed by atoms with E-state index in [4.69, 9.17) is 0 Å². The van der Waals surface area contributed by atoms with E-state index in [9.17, 15) is 9.90 Å². The van der Waals surface area contributed by atoms with E-state index < -0.39 is 5.54 Å². The number of aliphatic hydroxyl groups excluding tert-OH is 1. The fourth-order valence-electron chi connectivity index (χ4n) is 2.03. The number of aliphatic hydroxyl groups is 1. The molecular formula is C18H21NO2. The molecule has 2 aromatic rings. The lowest BCUT2D eigenvalue weighted by molar-refractivity contribution is 0.0847. The molecule has 0 bridgehead atoms. The molecule has 0 aliphatic carbocycles. The molecule has 3 heteroatoms. The fraction of sp³-hybridized carbons (Fsp3) is 0.278. The van der Waals surface area contributed by atoms with Crippen molar-refractivity contribution in [3.63, 3.8) is 0 Å². The van der Waals surface area contributed by atoms with E-state index in [-0.39, 0.29) is 12.5 Å². The Morgan fingerprint density at radius 3 is 2.14 bits per heavy atom. The van der Waals surface area contributed by atoms with Crippen LogP contribution in [0.5, 0.6) is 0 Å². The average molecular weight is 283 g/mol. The Morgan fingerprint density at radius 1 is 1.05 bits per heavy atom. The maximum atomic E-state index is 12.2. The molecule has 0 fully saturated rings. The molecule has 0 saturated heterocycles. The second kappa shape index (κ2) is 6.55. The zero-order valence-corrected chi connectivity index (χ0v) is 12.5. The van der Waals surface area contributed by atoms with Gasteiger partial charge in [-0.15, -0.1) is 0 Å². The van der Waals surface area contributed by atoms with Crippen molar-refractivity contribution in [2.45, 2.75) is 25.8 Å². The van der Waals surface area contributed by atoms with Gasteiger partial charge < -0.3 is 10.4 Å². The molecule has 0 radical (unpaired) electrons. The summed E-state index contributed by atoms with van der Waals surface area (Å²) in [7, 11) is 0. The smallest absolute Gasteiger partial charge is 0.251 e. The summed E-state index contributed by atoms with van der Waals surface area (Å²) in [5, 5.41) is 12.2. The summed E-state index contributed by atoms with van der Waals surface area (Å²) in [6.45, 7) is 3.70. The lowest BCUT2D eigenvalue weighted by atomic mass is 9.99. The minimum absolute atomic E-state index is 0.0721. The molecule has 3 nitrogen and oxygen atoms in total. The van der Waals surface area contributed by atoms with E-state index in [1.165, 1.54) is 0 Å². The van der Waals surface area contributed by atoms with Gasteiger partial charge in [0.15, 0.2) is 0 Å². The first-order valence-electron chi connectivity index (χ1n) is 7.17. The number of benzene rings is 2. The maximum absolute atomic E-state index is 12.2. The van der Waals surface area contributed by atoms with E-state index in [1.54, 1.807) is 0 Å². The second-order valence-corrected chi connectivity index (χ2v) is 5.47. The minimum atomic E-state index is -0.574. The van der Waals surface area contributed by atoms with Crippen LogP contribution in [0.1, 0.15) is 30.6 Å². The number of carbonyl (C=O) groups excluding carboxylic acids is 1. The van der Waals surface area contributed by atoms with Crippen LogP contribution in [0.15, 0.2) is 54.6 Å². The highest BCUT2D eigenvalue weighted by Crippen LogP contribution is 2.19. The van der Waals surface area contributed by atoms with Gasteiger partial charge in [0.05, 0.1) is 12.1 Å². The van der Waals surface area contributed by atoms with Crippen molar-refractivity contribution in [1.29, 1.82) is 0 Å². The van der Waals surface area contributed by atoms with Crippen molar-refractivity contribution in [2.75, 3.05) is 6.61 Å². The van der Waals surface area contributed by atoms with Gasteiger partial charge in [-0.2, -0.15) is 0 Å². The molecule has 2 aromatic carbocycles. The summed E-state index contributed by atoms with van der Waals surface area (Å²) in [5.41, 5.74) is 2.23.